The molecule has 1 aliphatic heterocycles. The van der Waals surface area contributed by atoms with Crippen LogP contribution in [0.25, 0.3) is 6.08 Å². The lowest BCUT2D eigenvalue weighted by atomic mass is 10.1. The Balaban J connectivity index is 1.43. The summed E-state index contributed by atoms with van der Waals surface area (Å²) in [6.45, 7) is 11.9. The van der Waals surface area contributed by atoms with Crippen molar-refractivity contribution in [3.63, 3.8) is 0 Å². The van der Waals surface area contributed by atoms with E-state index in [0.717, 1.165) is 67.8 Å². The van der Waals surface area contributed by atoms with Gasteiger partial charge < -0.3 is 9.64 Å². The number of rotatable bonds is 7. The van der Waals surface area contributed by atoms with Crippen LogP contribution in [0.4, 0.5) is 5.69 Å². The largest absolute Gasteiger partial charge is 0.478 e. The third kappa shape index (κ3) is 4.43. The van der Waals surface area contributed by atoms with Crippen molar-refractivity contribution in [3.05, 3.63) is 42.1 Å². The quantitative estimate of drug-likeness (QED) is 0.598. The fourth-order valence-electron chi connectivity index (χ4n) is 3.43. The van der Waals surface area contributed by atoms with Gasteiger partial charge in [-0.25, -0.2) is 4.68 Å². The van der Waals surface area contributed by atoms with Crippen molar-refractivity contribution >= 4 is 24.4 Å². The highest BCUT2D eigenvalue weighted by atomic mass is 32.1. The molecule has 0 bridgehead atoms. The SMILES string of the molecule is C=Cc1c(S)cccc1N1CCN(CCCOc2cc(C)nn2C)CC1. The van der Waals surface area contributed by atoms with Gasteiger partial charge in [-0.2, -0.15) is 5.10 Å². The molecular formula is C20H28N4OS. The van der Waals surface area contributed by atoms with E-state index in [2.05, 4.69) is 46.2 Å². The average Bonchev–Trinajstić information content (AvgIpc) is 2.96. The summed E-state index contributed by atoms with van der Waals surface area (Å²) >= 11 is 4.55. The van der Waals surface area contributed by atoms with Gasteiger partial charge in [0.2, 0.25) is 5.88 Å². The number of hydrogen-bond acceptors (Lipinski definition) is 5. The normalized spacial score (nSPS) is 15.3. The average molecular weight is 373 g/mol. The zero-order valence-corrected chi connectivity index (χ0v) is 16.6. The second kappa shape index (κ2) is 8.64. The van der Waals surface area contributed by atoms with E-state index in [1.165, 1.54) is 5.69 Å². The molecule has 0 N–H and O–H groups in total. The third-order valence-electron chi connectivity index (χ3n) is 4.80. The van der Waals surface area contributed by atoms with Crippen molar-refractivity contribution in [2.24, 2.45) is 7.05 Å². The summed E-state index contributed by atoms with van der Waals surface area (Å²) in [4.78, 5) is 5.93. The van der Waals surface area contributed by atoms with Gasteiger partial charge >= 0.3 is 0 Å². The molecule has 5 nitrogen and oxygen atoms in total. The molecule has 2 heterocycles. The predicted octanol–water partition coefficient (Wildman–Crippen LogP) is 3.25. The Morgan fingerprint density at radius 3 is 2.69 bits per heavy atom. The smallest absolute Gasteiger partial charge is 0.211 e. The zero-order valence-electron chi connectivity index (χ0n) is 15.7. The summed E-state index contributed by atoms with van der Waals surface area (Å²) in [6.07, 6.45) is 2.93. The lowest BCUT2D eigenvalue weighted by Gasteiger charge is -2.37. The van der Waals surface area contributed by atoms with Gasteiger partial charge in [-0.3, -0.25) is 4.90 Å². The number of ether oxygens (including phenoxy) is 1. The van der Waals surface area contributed by atoms with Crippen LogP contribution in [-0.2, 0) is 7.05 Å². The molecule has 0 atom stereocenters. The highest BCUT2D eigenvalue weighted by molar-refractivity contribution is 7.80. The second-order valence-corrected chi connectivity index (χ2v) is 7.17. The van der Waals surface area contributed by atoms with E-state index in [1.807, 2.05) is 32.2 Å². The molecule has 0 spiro atoms. The van der Waals surface area contributed by atoms with Crippen molar-refractivity contribution < 1.29 is 4.74 Å². The van der Waals surface area contributed by atoms with Crippen LogP contribution in [0, 0.1) is 6.92 Å². The lowest BCUT2D eigenvalue weighted by molar-refractivity contribution is 0.218. The molecule has 0 amide bonds. The number of aromatic nitrogens is 2. The van der Waals surface area contributed by atoms with Gasteiger partial charge in [0, 0.05) is 62.0 Å². The van der Waals surface area contributed by atoms with Crippen molar-refractivity contribution in [3.8, 4) is 5.88 Å². The minimum absolute atomic E-state index is 0.724. The predicted molar refractivity (Wildman–Crippen MR) is 110 cm³/mol. The molecule has 140 valence electrons. The number of anilines is 1. The molecule has 6 heteroatoms. The van der Waals surface area contributed by atoms with Gasteiger partial charge in [0.1, 0.15) is 0 Å². The van der Waals surface area contributed by atoms with Crippen LogP contribution in [0.15, 0.2) is 35.7 Å². The molecule has 3 rings (SSSR count). The maximum atomic E-state index is 5.83. The molecular weight excluding hydrogens is 344 g/mol. The number of hydrogen-bond donors (Lipinski definition) is 1. The van der Waals surface area contributed by atoms with Crippen LogP contribution in [0.5, 0.6) is 5.88 Å². The van der Waals surface area contributed by atoms with Gasteiger partial charge in [-0.15, -0.1) is 12.6 Å². The summed E-state index contributed by atoms with van der Waals surface area (Å²) in [5.41, 5.74) is 3.36. The maximum Gasteiger partial charge on any atom is 0.211 e. The molecule has 1 aromatic heterocycles. The summed E-state index contributed by atoms with van der Waals surface area (Å²) in [5.74, 6) is 0.843. The Labute approximate surface area is 161 Å². The van der Waals surface area contributed by atoms with E-state index in [0.29, 0.717) is 0 Å². The Morgan fingerprint density at radius 1 is 1.27 bits per heavy atom. The second-order valence-electron chi connectivity index (χ2n) is 6.69. The molecule has 1 aliphatic rings. The van der Waals surface area contributed by atoms with Gasteiger partial charge in [0.25, 0.3) is 0 Å². The Kier molecular flexibility index (Phi) is 6.27. The molecule has 0 saturated carbocycles. The summed E-state index contributed by atoms with van der Waals surface area (Å²) in [6, 6.07) is 8.22. The Hall–Kier alpha value is -1.92. The van der Waals surface area contributed by atoms with E-state index >= 15 is 0 Å². The minimum Gasteiger partial charge on any atom is -0.478 e. The first kappa shape index (κ1) is 18.9. The van der Waals surface area contributed by atoms with Gasteiger partial charge in [0.15, 0.2) is 0 Å². The molecule has 1 fully saturated rings. The topological polar surface area (TPSA) is 33.5 Å². The highest BCUT2D eigenvalue weighted by Gasteiger charge is 2.19. The Bertz CT molecular complexity index is 750. The number of thiol groups is 1. The standard InChI is InChI=1S/C20H28N4OS/c1-4-17-18(7-5-8-19(17)26)24-12-10-23(11-13-24)9-6-14-25-20-15-16(2)21-22(20)3/h4-5,7-8,15,26H,1,6,9-14H2,2-3H3. The van der Waals surface area contributed by atoms with E-state index in [9.17, 15) is 0 Å². The molecule has 26 heavy (non-hydrogen) atoms. The first-order valence-corrected chi connectivity index (χ1v) is 9.58. The molecule has 0 radical (unpaired) electrons. The van der Waals surface area contributed by atoms with Gasteiger partial charge in [-0.1, -0.05) is 18.7 Å². The third-order valence-corrected chi connectivity index (χ3v) is 5.19. The number of benzene rings is 1. The molecule has 0 aliphatic carbocycles. The van der Waals surface area contributed by atoms with Crippen LogP contribution in [0.1, 0.15) is 17.7 Å². The summed E-state index contributed by atoms with van der Waals surface area (Å²) in [7, 11) is 1.92. The van der Waals surface area contributed by atoms with Crippen molar-refractivity contribution in [1.82, 2.24) is 14.7 Å². The first-order chi connectivity index (χ1) is 12.6. The van der Waals surface area contributed by atoms with E-state index < -0.39 is 0 Å². The van der Waals surface area contributed by atoms with Crippen molar-refractivity contribution in [1.29, 1.82) is 0 Å². The lowest BCUT2D eigenvalue weighted by Crippen LogP contribution is -2.47. The maximum absolute atomic E-state index is 5.83. The van der Waals surface area contributed by atoms with Crippen molar-refractivity contribution in [2.75, 3.05) is 44.2 Å². The molecule has 1 aromatic carbocycles. The van der Waals surface area contributed by atoms with Gasteiger partial charge in [-0.05, 0) is 25.5 Å². The van der Waals surface area contributed by atoms with Crippen LogP contribution < -0.4 is 9.64 Å². The monoisotopic (exact) mass is 372 g/mol. The summed E-state index contributed by atoms with van der Waals surface area (Å²) < 4.78 is 7.62. The van der Waals surface area contributed by atoms with E-state index in [1.54, 1.807) is 4.68 Å². The molecule has 0 unspecified atom stereocenters. The fourth-order valence-corrected chi connectivity index (χ4v) is 3.72. The molecule has 2 aromatic rings. The highest BCUT2D eigenvalue weighted by Crippen LogP contribution is 2.28. The van der Waals surface area contributed by atoms with E-state index in [4.69, 9.17) is 4.74 Å². The fraction of sp³-hybridized carbons (Fsp3) is 0.450. The van der Waals surface area contributed by atoms with Crippen LogP contribution in [0.2, 0.25) is 0 Å². The van der Waals surface area contributed by atoms with Crippen LogP contribution >= 0.6 is 12.6 Å². The number of aryl methyl sites for hydroxylation is 2. The zero-order chi connectivity index (χ0) is 18.5. The van der Waals surface area contributed by atoms with Crippen LogP contribution in [0.3, 0.4) is 0 Å². The number of piperazine rings is 1. The first-order valence-electron chi connectivity index (χ1n) is 9.13. The minimum atomic E-state index is 0.724. The summed E-state index contributed by atoms with van der Waals surface area (Å²) in [5, 5.41) is 4.30. The Morgan fingerprint density at radius 2 is 2.04 bits per heavy atom. The van der Waals surface area contributed by atoms with E-state index in [-0.39, 0.29) is 0 Å². The van der Waals surface area contributed by atoms with Crippen LogP contribution in [-0.4, -0.2) is 54.0 Å². The van der Waals surface area contributed by atoms with Gasteiger partial charge in [0.05, 0.1) is 12.3 Å². The molecule has 1 saturated heterocycles. The number of nitrogens with zero attached hydrogens (tertiary/aromatic N) is 4. The van der Waals surface area contributed by atoms with Crippen molar-refractivity contribution in [2.45, 2.75) is 18.2 Å².